The maximum absolute atomic E-state index is 12.6. The van der Waals surface area contributed by atoms with E-state index in [1.54, 1.807) is 6.07 Å². The van der Waals surface area contributed by atoms with E-state index in [4.69, 9.17) is 16.3 Å². The van der Waals surface area contributed by atoms with Crippen molar-refractivity contribution in [2.45, 2.75) is 4.90 Å². The van der Waals surface area contributed by atoms with Crippen LogP contribution in [0.3, 0.4) is 0 Å². The van der Waals surface area contributed by atoms with Crippen molar-refractivity contribution in [3.63, 3.8) is 0 Å². The number of nitro benzene ring substituents is 1. The number of benzene rings is 3. The van der Waals surface area contributed by atoms with E-state index in [0.717, 1.165) is 6.07 Å². The molecule has 32 heavy (non-hydrogen) atoms. The van der Waals surface area contributed by atoms with Gasteiger partial charge in [-0.1, -0.05) is 11.6 Å². The van der Waals surface area contributed by atoms with Gasteiger partial charge >= 0.3 is 0 Å². The van der Waals surface area contributed by atoms with Gasteiger partial charge in [0, 0.05) is 16.8 Å². The highest BCUT2D eigenvalue weighted by Crippen LogP contribution is 2.29. The van der Waals surface area contributed by atoms with Crippen molar-refractivity contribution in [1.29, 1.82) is 0 Å². The second-order valence-electron chi connectivity index (χ2n) is 6.35. The van der Waals surface area contributed by atoms with E-state index in [-0.39, 0.29) is 27.8 Å². The third kappa shape index (κ3) is 5.45. The average molecular weight is 477 g/mol. The zero-order valence-electron chi connectivity index (χ0n) is 16.5. The molecule has 3 rings (SSSR count). The van der Waals surface area contributed by atoms with Crippen molar-refractivity contribution < 1.29 is 23.2 Å². The Balaban J connectivity index is 1.82. The summed E-state index contributed by atoms with van der Waals surface area (Å²) >= 11 is 5.79. The van der Waals surface area contributed by atoms with Gasteiger partial charge in [-0.05, 0) is 60.2 Å². The molecule has 0 atom stereocenters. The Morgan fingerprint density at radius 2 is 1.84 bits per heavy atom. The van der Waals surface area contributed by atoms with Crippen LogP contribution in [0.25, 0.3) is 0 Å². The standard InChI is InChI=1S/C20H17ClN4O6S/c1-31-20-9-2-13(10-19(20)26)12-22-23-17-8-7-16(11-18(17)25(27)28)32(29,30)24-15-5-3-14(21)4-6-15/h2-12,23-24,26H,1H3/b22-12+. The lowest BCUT2D eigenvalue weighted by molar-refractivity contribution is -0.384. The number of phenols is 1. The second-order valence-corrected chi connectivity index (χ2v) is 8.47. The number of hydrogen-bond donors (Lipinski definition) is 3. The van der Waals surface area contributed by atoms with E-state index >= 15 is 0 Å². The normalized spacial score (nSPS) is 11.3. The summed E-state index contributed by atoms with van der Waals surface area (Å²) in [6.07, 6.45) is 1.33. The first kappa shape index (κ1) is 22.8. The van der Waals surface area contributed by atoms with Crippen molar-refractivity contribution in [1.82, 2.24) is 0 Å². The van der Waals surface area contributed by atoms with Crippen molar-refractivity contribution in [3.8, 4) is 11.5 Å². The van der Waals surface area contributed by atoms with E-state index in [9.17, 15) is 23.6 Å². The van der Waals surface area contributed by atoms with E-state index in [1.165, 1.54) is 61.9 Å². The number of nitro groups is 1. The van der Waals surface area contributed by atoms with Gasteiger partial charge < -0.3 is 9.84 Å². The van der Waals surface area contributed by atoms with Crippen molar-refractivity contribution in [2.24, 2.45) is 5.10 Å². The minimum atomic E-state index is -4.08. The molecule has 3 N–H and O–H groups in total. The highest BCUT2D eigenvalue weighted by molar-refractivity contribution is 7.92. The summed E-state index contributed by atoms with van der Waals surface area (Å²) in [5.41, 5.74) is 2.76. The Bertz CT molecular complexity index is 1280. The maximum atomic E-state index is 12.6. The molecule has 166 valence electrons. The molecule has 0 heterocycles. The van der Waals surface area contributed by atoms with Crippen LogP contribution in [0.5, 0.6) is 11.5 Å². The summed E-state index contributed by atoms with van der Waals surface area (Å²) in [6.45, 7) is 0. The summed E-state index contributed by atoms with van der Waals surface area (Å²) in [4.78, 5) is 10.5. The zero-order chi connectivity index (χ0) is 23.3. The predicted octanol–water partition coefficient (Wildman–Crippen LogP) is 4.21. The predicted molar refractivity (Wildman–Crippen MR) is 121 cm³/mol. The number of sulfonamides is 1. The van der Waals surface area contributed by atoms with E-state index in [2.05, 4.69) is 15.2 Å². The van der Waals surface area contributed by atoms with Gasteiger partial charge in [0.05, 0.1) is 23.1 Å². The first-order valence-electron chi connectivity index (χ1n) is 8.92. The van der Waals surface area contributed by atoms with Crippen LogP contribution in [0.1, 0.15) is 5.56 Å². The van der Waals surface area contributed by atoms with Gasteiger partial charge in [-0.25, -0.2) is 8.42 Å². The lowest BCUT2D eigenvalue weighted by Gasteiger charge is -2.09. The summed E-state index contributed by atoms with van der Waals surface area (Å²) in [7, 11) is -2.66. The highest BCUT2D eigenvalue weighted by Gasteiger charge is 2.21. The number of hydrazone groups is 1. The van der Waals surface area contributed by atoms with Crippen molar-refractivity contribution in [3.05, 3.63) is 81.4 Å². The Hall–Kier alpha value is -3.83. The van der Waals surface area contributed by atoms with Crippen LogP contribution < -0.4 is 14.9 Å². The number of nitrogens with one attached hydrogen (secondary N) is 2. The number of anilines is 2. The summed E-state index contributed by atoms with van der Waals surface area (Å²) in [5.74, 6) is 0.194. The van der Waals surface area contributed by atoms with E-state index < -0.39 is 20.6 Å². The topological polar surface area (TPSA) is 143 Å². The highest BCUT2D eigenvalue weighted by atomic mass is 35.5. The molecule has 0 aliphatic rings. The zero-order valence-corrected chi connectivity index (χ0v) is 18.1. The first-order chi connectivity index (χ1) is 15.2. The summed E-state index contributed by atoms with van der Waals surface area (Å²) < 4.78 is 32.5. The van der Waals surface area contributed by atoms with Gasteiger partial charge in [0.2, 0.25) is 0 Å². The molecule has 0 saturated carbocycles. The average Bonchev–Trinajstić information content (AvgIpc) is 2.75. The number of hydrogen-bond acceptors (Lipinski definition) is 8. The number of methoxy groups -OCH3 is 1. The van der Waals surface area contributed by atoms with Crippen LogP contribution in [0.2, 0.25) is 5.02 Å². The fraction of sp³-hybridized carbons (Fsp3) is 0.0500. The minimum absolute atomic E-state index is 0.0190. The molecule has 12 heteroatoms. The Morgan fingerprint density at radius 3 is 2.47 bits per heavy atom. The molecule has 3 aromatic rings. The maximum Gasteiger partial charge on any atom is 0.295 e. The van der Waals surface area contributed by atoms with Crippen LogP contribution in [0.4, 0.5) is 17.1 Å². The fourth-order valence-corrected chi connectivity index (χ4v) is 3.82. The number of ether oxygens (including phenoxy) is 1. The van der Waals surface area contributed by atoms with Gasteiger partial charge in [0.1, 0.15) is 5.69 Å². The monoisotopic (exact) mass is 476 g/mol. The largest absolute Gasteiger partial charge is 0.504 e. The van der Waals surface area contributed by atoms with Gasteiger partial charge in [-0.15, -0.1) is 0 Å². The van der Waals surface area contributed by atoms with Gasteiger partial charge in [0.15, 0.2) is 11.5 Å². The molecule has 0 aliphatic carbocycles. The third-order valence-corrected chi connectivity index (χ3v) is 5.81. The van der Waals surface area contributed by atoms with Crippen LogP contribution in [-0.2, 0) is 10.0 Å². The van der Waals surface area contributed by atoms with Gasteiger partial charge in [-0.3, -0.25) is 20.3 Å². The third-order valence-electron chi connectivity index (χ3n) is 4.17. The summed E-state index contributed by atoms with van der Waals surface area (Å²) in [5, 5.41) is 25.6. The smallest absolute Gasteiger partial charge is 0.295 e. The van der Waals surface area contributed by atoms with Crippen molar-refractivity contribution in [2.75, 3.05) is 17.3 Å². The number of aromatic hydroxyl groups is 1. The van der Waals surface area contributed by atoms with Crippen LogP contribution in [0, 0.1) is 10.1 Å². The van der Waals surface area contributed by atoms with Gasteiger partial charge in [-0.2, -0.15) is 5.10 Å². The fourth-order valence-electron chi connectivity index (χ4n) is 2.62. The minimum Gasteiger partial charge on any atom is -0.504 e. The Labute approximate surface area is 188 Å². The Morgan fingerprint density at radius 1 is 1.12 bits per heavy atom. The molecule has 0 aromatic heterocycles. The van der Waals surface area contributed by atoms with Gasteiger partial charge in [0.25, 0.3) is 15.7 Å². The van der Waals surface area contributed by atoms with E-state index in [1.807, 2.05) is 0 Å². The van der Waals surface area contributed by atoms with Crippen LogP contribution in [0.15, 0.2) is 70.7 Å². The Kier molecular flexibility index (Phi) is 6.81. The second kappa shape index (κ2) is 9.54. The lowest BCUT2D eigenvalue weighted by Crippen LogP contribution is -2.13. The molecule has 0 bridgehead atoms. The quantitative estimate of drug-likeness (QED) is 0.251. The molecular weight excluding hydrogens is 460 g/mol. The van der Waals surface area contributed by atoms with Crippen molar-refractivity contribution >= 4 is 44.9 Å². The van der Waals surface area contributed by atoms with E-state index in [0.29, 0.717) is 10.6 Å². The molecule has 0 radical (unpaired) electrons. The number of rotatable bonds is 8. The van der Waals surface area contributed by atoms with Crippen LogP contribution >= 0.6 is 11.6 Å². The molecule has 0 fully saturated rings. The molecule has 3 aromatic carbocycles. The van der Waals surface area contributed by atoms with Crippen LogP contribution in [-0.4, -0.2) is 31.8 Å². The lowest BCUT2D eigenvalue weighted by atomic mass is 10.2. The molecular formula is C20H17ClN4O6S. The number of nitrogens with zero attached hydrogens (tertiary/aromatic N) is 2. The molecule has 0 saturated heterocycles. The molecule has 0 amide bonds. The molecule has 10 nitrogen and oxygen atoms in total. The first-order valence-corrected chi connectivity index (χ1v) is 10.8. The molecule has 0 aliphatic heterocycles. The SMILES string of the molecule is COc1ccc(/C=N/Nc2ccc(S(=O)(=O)Nc3ccc(Cl)cc3)cc2[N+](=O)[O-])cc1O. The number of halogens is 1. The summed E-state index contributed by atoms with van der Waals surface area (Å²) in [6, 6.07) is 13.9. The number of phenolic OH excluding ortho intramolecular Hbond substituents is 1. The molecule has 0 spiro atoms. The molecule has 0 unspecified atom stereocenters.